The smallest absolute Gasteiger partial charge is 0.321 e. The minimum atomic E-state index is -0.476. The van der Waals surface area contributed by atoms with Gasteiger partial charge in [-0.2, -0.15) is 0 Å². The van der Waals surface area contributed by atoms with E-state index in [0.717, 1.165) is 10.1 Å². The molecule has 2 aromatic carbocycles. The van der Waals surface area contributed by atoms with E-state index in [2.05, 4.69) is 5.32 Å². The third-order valence-corrected chi connectivity index (χ3v) is 5.44. The normalized spacial score (nSPS) is 11.0. The summed E-state index contributed by atoms with van der Waals surface area (Å²) in [5.74, 6) is -0.565. The fourth-order valence-electron chi connectivity index (χ4n) is 3.77. The molecule has 0 bridgehead atoms. The van der Waals surface area contributed by atoms with E-state index < -0.39 is 17.2 Å². The van der Waals surface area contributed by atoms with E-state index in [9.17, 15) is 19.2 Å². The van der Waals surface area contributed by atoms with Gasteiger partial charge in [-0.25, -0.2) is 4.79 Å². The van der Waals surface area contributed by atoms with Crippen molar-refractivity contribution in [2.75, 3.05) is 5.32 Å². The molecule has 0 unspecified atom stereocenters. The number of Topliss-reactive ketones (excluding diaryl/α,β-unsaturated/α-hetero) is 1. The van der Waals surface area contributed by atoms with Gasteiger partial charge in [0.05, 0.1) is 5.39 Å². The Morgan fingerprint density at radius 1 is 0.906 bits per heavy atom. The van der Waals surface area contributed by atoms with Crippen molar-refractivity contribution in [2.45, 2.75) is 13.5 Å². The Labute approximate surface area is 183 Å². The van der Waals surface area contributed by atoms with Crippen LogP contribution in [0, 0.1) is 0 Å². The lowest BCUT2D eigenvalue weighted by molar-refractivity contribution is 0.100. The number of ketones is 1. The molecular formula is C24H22N4O4. The Bertz CT molecular complexity index is 1480. The molecule has 0 aliphatic carbocycles. The number of fused-ring (bicyclic) bond motifs is 1. The molecule has 0 spiro atoms. The van der Waals surface area contributed by atoms with Crippen LogP contribution in [0.5, 0.6) is 0 Å². The van der Waals surface area contributed by atoms with Gasteiger partial charge in [-0.1, -0.05) is 42.5 Å². The number of rotatable bonds is 5. The average Bonchev–Trinajstić information content (AvgIpc) is 3.16. The highest BCUT2D eigenvalue weighted by Crippen LogP contribution is 2.20. The summed E-state index contributed by atoms with van der Waals surface area (Å²) in [7, 11) is 2.98. The van der Waals surface area contributed by atoms with Crippen molar-refractivity contribution >= 4 is 28.4 Å². The van der Waals surface area contributed by atoms with Crippen molar-refractivity contribution in [3.63, 3.8) is 0 Å². The van der Waals surface area contributed by atoms with Crippen molar-refractivity contribution in [3.05, 3.63) is 98.3 Å². The second-order valence-corrected chi connectivity index (χ2v) is 7.64. The second-order valence-electron chi connectivity index (χ2n) is 7.64. The van der Waals surface area contributed by atoms with Gasteiger partial charge in [-0.3, -0.25) is 23.5 Å². The topological polar surface area (TPSA) is 95.1 Å². The fraction of sp³-hybridized carbons (Fsp3) is 0.167. The van der Waals surface area contributed by atoms with Crippen LogP contribution < -0.4 is 16.6 Å². The van der Waals surface area contributed by atoms with Gasteiger partial charge in [0.25, 0.3) is 11.5 Å². The number of benzene rings is 2. The van der Waals surface area contributed by atoms with E-state index in [1.165, 1.54) is 24.6 Å². The summed E-state index contributed by atoms with van der Waals surface area (Å²) in [6.45, 7) is 1.75. The lowest BCUT2D eigenvalue weighted by Crippen LogP contribution is -2.37. The largest absolute Gasteiger partial charge is 0.332 e. The Balaban J connectivity index is 1.88. The molecule has 0 saturated heterocycles. The van der Waals surface area contributed by atoms with Crippen LogP contribution in [0.2, 0.25) is 0 Å². The van der Waals surface area contributed by atoms with Crippen molar-refractivity contribution in [2.24, 2.45) is 14.1 Å². The molecule has 0 fully saturated rings. The highest BCUT2D eigenvalue weighted by Gasteiger charge is 2.21. The van der Waals surface area contributed by atoms with E-state index in [0.29, 0.717) is 23.4 Å². The summed E-state index contributed by atoms with van der Waals surface area (Å²) in [6.07, 6.45) is 0. The van der Waals surface area contributed by atoms with Crippen molar-refractivity contribution < 1.29 is 9.59 Å². The molecule has 4 rings (SSSR count). The van der Waals surface area contributed by atoms with E-state index in [1.54, 1.807) is 35.9 Å². The molecule has 1 amide bonds. The number of aryl methyl sites for hydroxylation is 1. The Hall–Kier alpha value is -4.20. The molecule has 0 aliphatic rings. The zero-order valence-corrected chi connectivity index (χ0v) is 18.0. The monoisotopic (exact) mass is 430 g/mol. The van der Waals surface area contributed by atoms with E-state index in [-0.39, 0.29) is 16.9 Å². The Morgan fingerprint density at radius 2 is 1.62 bits per heavy atom. The summed E-state index contributed by atoms with van der Waals surface area (Å²) in [5, 5.41) is 3.07. The molecule has 0 radical (unpaired) electrons. The molecule has 4 aromatic rings. The highest BCUT2D eigenvalue weighted by molar-refractivity contribution is 6.06. The molecule has 2 aromatic heterocycles. The number of hydrogen-bond acceptors (Lipinski definition) is 4. The number of aromatic nitrogens is 3. The van der Waals surface area contributed by atoms with Crippen LogP contribution in [-0.2, 0) is 20.6 Å². The molecule has 1 N–H and O–H groups in total. The summed E-state index contributed by atoms with van der Waals surface area (Å²) >= 11 is 0. The fourth-order valence-corrected chi connectivity index (χ4v) is 3.77. The Morgan fingerprint density at radius 3 is 2.31 bits per heavy atom. The summed E-state index contributed by atoms with van der Waals surface area (Å²) in [4.78, 5) is 50.3. The first-order valence-electron chi connectivity index (χ1n) is 10.0. The zero-order valence-electron chi connectivity index (χ0n) is 18.0. The third-order valence-electron chi connectivity index (χ3n) is 5.44. The first-order valence-corrected chi connectivity index (χ1v) is 10.0. The van der Waals surface area contributed by atoms with Crippen LogP contribution in [0.25, 0.3) is 11.0 Å². The van der Waals surface area contributed by atoms with Crippen LogP contribution in [0.15, 0.2) is 70.3 Å². The molecule has 162 valence electrons. The summed E-state index contributed by atoms with van der Waals surface area (Å²) in [6, 6.07) is 17.6. The summed E-state index contributed by atoms with van der Waals surface area (Å²) < 4.78 is 4.05. The predicted molar refractivity (Wildman–Crippen MR) is 122 cm³/mol. The molecule has 0 atom stereocenters. The third kappa shape index (κ3) is 3.66. The van der Waals surface area contributed by atoms with Crippen LogP contribution >= 0.6 is 0 Å². The standard InChI is InChI=1S/C24H22N4O4/c1-15(29)17-10-7-11-18(12-17)25-21(30)20-13-19-22(26(2)24(32)27(3)23(19)31)28(20)14-16-8-5-4-6-9-16/h4-13H,14H2,1-3H3,(H,25,30). The second kappa shape index (κ2) is 8.14. The van der Waals surface area contributed by atoms with Gasteiger partial charge in [-0.15, -0.1) is 0 Å². The van der Waals surface area contributed by atoms with Crippen molar-refractivity contribution in [3.8, 4) is 0 Å². The lowest BCUT2D eigenvalue weighted by atomic mass is 10.1. The van der Waals surface area contributed by atoms with Gasteiger partial charge in [-0.05, 0) is 30.7 Å². The van der Waals surface area contributed by atoms with Crippen LogP contribution in [0.3, 0.4) is 0 Å². The van der Waals surface area contributed by atoms with E-state index in [1.807, 2.05) is 30.3 Å². The number of carbonyl (C=O) groups is 2. The van der Waals surface area contributed by atoms with Gasteiger partial charge < -0.3 is 9.88 Å². The first-order chi connectivity index (χ1) is 15.3. The van der Waals surface area contributed by atoms with Gasteiger partial charge >= 0.3 is 5.69 Å². The molecule has 8 heteroatoms. The SMILES string of the molecule is CC(=O)c1cccc(NC(=O)c2cc3c(=O)n(C)c(=O)n(C)c3n2Cc2ccccc2)c1. The lowest BCUT2D eigenvalue weighted by Gasteiger charge is -2.13. The molecule has 8 nitrogen and oxygen atoms in total. The maximum Gasteiger partial charge on any atom is 0.332 e. The average molecular weight is 430 g/mol. The maximum absolute atomic E-state index is 13.3. The molecule has 0 saturated carbocycles. The first kappa shape index (κ1) is 21.0. The number of amides is 1. The van der Waals surface area contributed by atoms with Crippen LogP contribution in [-0.4, -0.2) is 25.4 Å². The minimum absolute atomic E-state index is 0.113. The molecular weight excluding hydrogens is 408 g/mol. The van der Waals surface area contributed by atoms with Crippen LogP contribution in [0.1, 0.15) is 33.3 Å². The Kier molecular flexibility index (Phi) is 5.36. The van der Waals surface area contributed by atoms with Crippen LogP contribution in [0.4, 0.5) is 5.69 Å². The maximum atomic E-state index is 13.3. The number of hydrogen-bond donors (Lipinski definition) is 1. The van der Waals surface area contributed by atoms with Crippen molar-refractivity contribution in [1.29, 1.82) is 0 Å². The highest BCUT2D eigenvalue weighted by atomic mass is 16.2. The number of nitrogens with zero attached hydrogens (tertiary/aromatic N) is 3. The van der Waals surface area contributed by atoms with Gasteiger partial charge in [0.15, 0.2) is 5.78 Å². The van der Waals surface area contributed by atoms with Gasteiger partial charge in [0.2, 0.25) is 0 Å². The summed E-state index contributed by atoms with van der Waals surface area (Å²) in [5.41, 5.74) is 1.49. The number of nitrogens with one attached hydrogen (secondary N) is 1. The predicted octanol–water partition coefficient (Wildman–Crippen LogP) is 2.54. The van der Waals surface area contributed by atoms with E-state index >= 15 is 0 Å². The van der Waals surface area contributed by atoms with Crippen molar-refractivity contribution in [1.82, 2.24) is 13.7 Å². The van der Waals surface area contributed by atoms with Gasteiger partial charge in [0, 0.05) is 31.9 Å². The molecule has 2 heterocycles. The quantitative estimate of drug-likeness (QED) is 0.492. The van der Waals surface area contributed by atoms with E-state index in [4.69, 9.17) is 0 Å². The number of anilines is 1. The minimum Gasteiger partial charge on any atom is -0.321 e. The molecule has 0 aliphatic heterocycles. The number of carbonyl (C=O) groups excluding carboxylic acids is 2. The molecule has 32 heavy (non-hydrogen) atoms. The van der Waals surface area contributed by atoms with Gasteiger partial charge in [0.1, 0.15) is 11.3 Å². The zero-order chi connectivity index (χ0) is 23.0.